The Kier molecular flexibility index (Phi) is 4.92. The van der Waals surface area contributed by atoms with Crippen LogP contribution >= 0.6 is 11.6 Å². The number of tetrazole rings is 1. The highest BCUT2D eigenvalue weighted by molar-refractivity contribution is 6.32. The van der Waals surface area contributed by atoms with Gasteiger partial charge in [0.2, 0.25) is 5.82 Å². The average molecular weight is 296 g/mol. The van der Waals surface area contributed by atoms with Crippen molar-refractivity contribution in [1.29, 1.82) is 0 Å². The molecule has 7 heteroatoms. The third kappa shape index (κ3) is 3.91. The standard InChI is InChI=1S/C13H18ClN5O/c1-3-10(15)6-9-4-5-12(11(14)7-9)20-8-13-16-18-19(2)17-13/h4-5,7,10H,3,6,8,15H2,1-2H3. The Morgan fingerprint density at radius 3 is 2.85 bits per heavy atom. The molecule has 1 aromatic heterocycles. The van der Waals surface area contributed by atoms with Crippen LogP contribution in [0.5, 0.6) is 5.75 Å². The summed E-state index contributed by atoms with van der Waals surface area (Å²) in [6, 6.07) is 5.86. The Labute approximate surface area is 122 Å². The third-order valence-electron chi connectivity index (χ3n) is 2.93. The average Bonchev–Trinajstić information content (AvgIpc) is 2.83. The lowest BCUT2D eigenvalue weighted by Crippen LogP contribution is -2.21. The molecule has 0 radical (unpaired) electrons. The molecule has 0 amide bonds. The summed E-state index contributed by atoms with van der Waals surface area (Å²) in [5.41, 5.74) is 7.04. The maximum Gasteiger partial charge on any atom is 0.212 e. The number of hydrogen-bond acceptors (Lipinski definition) is 5. The van der Waals surface area contributed by atoms with Crippen LogP contribution in [0.4, 0.5) is 0 Å². The van der Waals surface area contributed by atoms with Gasteiger partial charge in [0.25, 0.3) is 0 Å². The number of aromatic nitrogens is 4. The van der Waals surface area contributed by atoms with Crippen molar-refractivity contribution in [3.63, 3.8) is 0 Å². The van der Waals surface area contributed by atoms with Crippen molar-refractivity contribution in [2.45, 2.75) is 32.4 Å². The zero-order valence-electron chi connectivity index (χ0n) is 11.6. The molecule has 2 rings (SSSR count). The van der Waals surface area contributed by atoms with Gasteiger partial charge in [-0.2, -0.15) is 4.80 Å². The molecule has 0 fully saturated rings. The van der Waals surface area contributed by atoms with Gasteiger partial charge >= 0.3 is 0 Å². The molecule has 6 nitrogen and oxygen atoms in total. The quantitative estimate of drug-likeness (QED) is 0.878. The molecular weight excluding hydrogens is 278 g/mol. The summed E-state index contributed by atoms with van der Waals surface area (Å²) in [7, 11) is 1.70. The molecular formula is C13H18ClN5O. The summed E-state index contributed by atoms with van der Waals surface area (Å²) in [5, 5.41) is 12.2. The number of nitrogens with two attached hydrogens (primary N) is 1. The second-order valence-electron chi connectivity index (χ2n) is 4.62. The van der Waals surface area contributed by atoms with Crippen molar-refractivity contribution in [2.75, 3.05) is 0 Å². The minimum atomic E-state index is 0.154. The summed E-state index contributed by atoms with van der Waals surface area (Å²) in [6.07, 6.45) is 1.75. The lowest BCUT2D eigenvalue weighted by Gasteiger charge is -2.11. The fourth-order valence-electron chi connectivity index (χ4n) is 1.76. The predicted molar refractivity (Wildman–Crippen MR) is 76.6 cm³/mol. The van der Waals surface area contributed by atoms with Crippen LogP contribution in [0.25, 0.3) is 0 Å². The monoisotopic (exact) mass is 295 g/mol. The van der Waals surface area contributed by atoms with Crippen molar-refractivity contribution >= 4 is 11.6 Å². The van der Waals surface area contributed by atoms with Gasteiger partial charge in [0.1, 0.15) is 5.75 Å². The van der Waals surface area contributed by atoms with Gasteiger partial charge in [-0.05, 0) is 35.8 Å². The minimum absolute atomic E-state index is 0.154. The number of benzene rings is 1. The van der Waals surface area contributed by atoms with E-state index in [9.17, 15) is 0 Å². The molecule has 1 unspecified atom stereocenters. The summed E-state index contributed by atoms with van der Waals surface area (Å²) < 4.78 is 5.58. The highest BCUT2D eigenvalue weighted by atomic mass is 35.5. The minimum Gasteiger partial charge on any atom is -0.484 e. The van der Waals surface area contributed by atoms with Gasteiger partial charge in [-0.3, -0.25) is 0 Å². The van der Waals surface area contributed by atoms with Gasteiger partial charge in [-0.15, -0.1) is 10.2 Å². The summed E-state index contributed by atoms with van der Waals surface area (Å²) in [5.74, 6) is 1.12. The molecule has 0 bridgehead atoms. The topological polar surface area (TPSA) is 78.9 Å². The van der Waals surface area contributed by atoms with Gasteiger partial charge in [0.15, 0.2) is 6.61 Å². The first kappa shape index (κ1) is 14.7. The van der Waals surface area contributed by atoms with E-state index < -0.39 is 0 Å². The van der Waals surface area contributed by atoms with Gasteiger partial charge in [-0.25, -0.2) is 0 Å². The Morgan fingerprint density at radius 1 is 1.45 bits per heavy atom. The first-order chi connectivity index (χ1) is 9.58. The van der Waals surface area contributed by atoms with Crippen LogP contribution in [0.15, 0.2) is 18.2 Å². The van der Waals surface area contributed by atoms with Crippen molar-refractivity contribution < 1.29 is 4.74 Å². The van der Waals surface area contributed by atoms with E-state index in [1.807, 2.05) is 18.2 Å². The second-order valence-corrected chi connectivity index (χ2v) is 5.03. The molecule has 0 spiro atoms. The molecule has 0 aliphatic rings. The van der Waals surface area contributed by atoms with E-state index in [1.54, 1.807) is 7.05 Å². The van der Waals surface area contributed by atoms with E-state index in [1.165, 1.54) is 4.80 Å². The molecule has 0 saturated heterocycles. The summed E-state index contributed by atoms with van der Waals surface area (Å²) in [4.78, 5) is 1.38. The molecule has 2 N–H and O–H groups in total. The fourth-order valence-corrected chi connectivity index (χ4v) is 2.02. The van der Waals surface area contributed by atoms with E-state index in [0.717, 1.165) is 18.4 Å². The Bertz CT molecular complexity index is 572. The molecule has 0 saturated carbocycles. The van der Waals surface area contributed by atoms with Gasteiger partial charge in [0, 0.05) is 6.04 Å². The first-order valence-electron chi connectivity index (χ1n) is 6.48. The molecule has 0 aliphatic carbocycles. The number of nitrogens with zero attached hydrogens (tertiary/aromatic N) is 4. The lowest BCUT2D eigenvalue weighted by atomic mass is 10.0. The molecule has 1 aromatic carbocycles. The highest BCUT2D eigenvalue weighted by Crippen LogP contribution is 2.26. The molecule has 1 heterocycles. The number of hydrogen-bond donors (Lipinski definition) is 1. The fraction of sp³-hybridized carbons (Fsp3) is 0.462. The third-order valence-corrected chi connectivity index (χ3v) is 3.22. The van der Waals surface area contributed by atoms with Gasteiger partial charge in [-0.1, -0.05) is 24.6 Å². The van der Waals surface area contributed by atoms with Crippen molar-refractivity contribution in [3.8, 4) is 5.75 Å². The number of aryl methyl sites for hydroxylation is 1. The van der Waals surface area contributed by atoms with Crippen molar-refractivity contribution in [1.82, 2.24) is 20.2 Å². The van der Waals surface area contributed by atoms with Crippen molar-refractivity contribution in [3.05, 3.63) is 34.6 Å². The molecule has 108 valence electrons. The van der Waals surface area contributed by atoms with E-state index in [2.05, 4.69) is 22.3 Å². The number of halogens is 1. The highest BCUT2D eigenvalue weighted by Gasteiger charge is 2.08. The van der Waals surface area contributed by atoms with E-state index >= 15 is 0 Å². The molecule has 0 aliphatic heterocycles. The maximum absolute atomic E-state index is 6.20. The number of rotatable bonds is 6. The van der Waals surface area contributed by atoms with E-state index in [0.29, 0.717) is 16.6 Å². The van der Waals surface area contributed by atoms with Crippen LogP contribution in [-0.2, 0) is 20.1 Å². The number of ether oxygens (including phenoxy) is 1. The van der Waals surface area contributed by atoms with Crippen LogP contribution in [0.1, 0.15) is 24.7 Å². The van der Waals surface area contributed by atoms with Crippen LogP contribution in [0.2, 0.25) is 5.02 Å². The van der Waals surface area contributed by atoms with Crippen LogP contribution in [0.3, 0.4) is 0 Å². The first-order valence-corrected chi connectivity index (χ1v) is 6.86. The normalized spacial score (nSPS) is 12.4. The van der Waals surface area contributed by atoms with E-state index in [-0.39, 0.29) is 12.6 Å². The van der Waals surface area contributed by atoms with E-state index in [4.69, 9.17) is 22.1 Å². The van der Waals surface area contributed by atoms with Crippen molar-refractivity contribution in [2.24, 2.45) is 12.8 Å². The Hall–Kier alpha value is -1.66. The van der Waals surface area contributed by atoms with Gasteiger partial charge < -0.3 is 10.5 Å². The largest absolute Gasteiger partial charge is 0.484 e. The van der Waals surface area contributed by atoms with Crippen LogP contribution in [0, 0.1) is 0 Å². The predicted octanol–water partition coefficient (Wildman–Crippen LogP) is 1.72. The summed E-state index contributed by atoms with van der Waals surface area (Å²) in [6.45, 7) is 2.30. The van der Waals surface area contributed by atoms with Crippen LogP contribution in [-0.4, -0.2) is 26.2 Å². The Balaban J connectivity index is 1.98. The molecule has 20 heavy (non-hydrogen) atoms. The smallest absolute Gasteiger partial charge is 0.212 e. The van der Waals surface area contributed by atoms with Gasteiger partial charge in [0.05, 0.1) is 12.1 Å². The zero-order chi connectivity index (χ0) is 14.5. The van der Waals surface area contributed by atoms with Crippen LogP contribution < -0.4 is 10.5 Å². The lowest BCUT2D eigenvalue weighted by molar-refractivity contribution is 0.295. The SMILES string of the molecule is CCC(N)Cc1ccc(OCc2nnn(C)n2)c(Cl)c1. The molecule has 2 aromatic rings. The Morgan fingerprint density at radius 2 is 2.25 bits per heavy atom. The summed E-state index contributed by atoms with van der Waals surface area (Å²) >= 11 is 6.20. The molecule has 1 atom stereocenters. The maximum atomic E-state index is 6.20. The zero-order valence-corrected chi connectivity index (χ0v) is 12.3. The second kappa shape index (κ2) is 6.67.